The van der Waals surface area contributed by atoms with Crippen molar-refractivity contribution >= 4 is 15.9 Å². The van der Waals surface area contributed by atoms with Crippen LogP contribution < -0.4 is 5.32 Å². The van der Waals surface area contributed by atoms with Crippen molar-refractivity contribution in [2.75, 3.05) is 13.1 Å². The van der Waals surface area contributed by atoms with E-state index in [0.717, 1.165) is 25.3 Å². The topological polar surface area (TPSA) is 66.5 Å². The summed E-state index contributed by atoms with van der Waals surface area (Å²) < 4.78 is 41.1. The van der Waals surface area contributed by atoms with Crippen LogP contribution in [0.2, 0.25) is 0 Å². The Bertz CT molecular complexity index is 700. The second kappa shape index (κ2) is 6.20. The zero-order chi connectivity index (χ0) is 16.6. The number of piperidine rings is 1. The lowest BCUT2D eigenvalue weighted by molar-refractivity contribution is -0.119. The molecule has 7 heteroatoms. The van der Waals surface area contributed by atoms with Gasteiger partial charge in [0.25, 0.3) is 0 Å². The Morgan fingerprint density at radius 1 is 1.26 bits per heavy atom. The standard InChI is InChI=1S/C16H21FN2O3S/c1-11-6-13(17)9-14(7-11)23(21,22)19-5-3-2-4-15(19)12-8-16(20)18-10-12/h6-7,9,12,15H,2-5,8,10H2,1H3,(H,18,20)/t12-,15-/m0/s1. The number of nitrogens with one attached hydrogen (secondary N) is 1. The van der Waals surface area contributed by atoms with Gasteiger partial charge in [0, 0.05) is 31.5 Å². The Balaban J connectivity index is 1.94. The number of sulfonamides is 1. The van der Waals surface area contributed by atoms with Crippen molar-refractivity contribution in [3.05, 3.63) is 29.6 Å². The first-order valence-electron chi connectivity index (χ1n) is 7.93. The molecule has 0 radical (unpaired) electrons. The predicted octanol–water partition coefficient (Wildman–Crippen LogP) is 1.81. The fraction of sp³-hybridized carbons (Fsp3) is 0.562. The third-order valence-electron chi connectivity index (χ3n) is 4.67. The van der Waals surface area contributed by atoms with Crippen LogP contribution in [0.3, 0.4) is 0 Å². The minimum Gasteiger partial charge on any atom is -0.356 e. The van der Waals surface area contributed by atoms with Gasteiger partial charge in [-0.15, -0.1) is 0 Å². The highest BCUT2D eigenvalue weighted by molar-refractivity contribution is 7.89. The number of amides is 1. The van der Waals surface area contributed by atoms with Crippen molar-refractivity contribution in [1.29, 1.82) is 0 Å². The average Bonchev–Trinajstić information content (AvgIpc) is 2.93. The third kappa shape index (κ3) is 3.26. The summed E-state index contributed by atoms with van der Waals surface area (Å²) >= 11 is 0. The van der Waals surface area contributed by atoms with Gasteiger partial charge < -0.3 is 5.32 Å². The van der Waals surface area contributed by atoms with Gasteiger partial charge in [0.1, 0.15) is 5.82 Å². The smallest absolute Gasteiger partial charge is 0.243 e. The van der Waals surface area contributed by atoms with Crippen molar-refractivity contribution in [2.45, 2.75) is 43.5 Å². The first-order chi connectivity index (χ1) is 10.9. The quantitative estimate of drug-likeness (QED) is 0.913. The summed E-state index contributed by atoms with van der Waals surface area (Å²) in [4.78, 5) is 11.5. The van der Waals surface area contributed by atoms with Gasteiger partial charge in [-0.25, -0.2) is 12.8 Å². The Labute approximate surface area is 135 Å². The van der Waals surface area contributed by atoms with Crippen LogP contribution >= 0.6 is 0 Å². The number of halogens is 1. The van der Waals surface area contributed by atoms with E-state index in [1.54, 1.807) is 6.92 Å². The molecule has 2 aliphatic heterocycles. The van der Waals surface area contributed by atoms with E-state index < -0.39 is 15.8 Å². The van der Waals surface area contributed by atoms with Crippen molar-refractivity contribution in [2.24, 2.45) is 5.92 Å². The molecule has 0 spiro atoms. The molecule has 1 N–H and O–H groups in total. The van der Waals surface area contributed by atoms with E-state index in [2.05, 4.69) is 5.32 Å². The fourth-order valence-corrected chi connectivity index (χ4v) is 5.46. The number of hydrogen-bond acceptors (Lipinski definition) is 3. The lowest BCUT2D eigenvalue weighted by Crippen LogP contribution is -2.48. The summed E-state index contributed by atoms with van der Waals surface area (Å²) in [5.74, 6) is -0.582. The van der Waals surface area contributed by atoms with Gasteiger partial charge in [-0.2, -0.15) is 4.31 Å². The maximum atomic E-state index is 13.6. The molecule has 126 valence electrons. The summed E-state index contributed by atoms with van der Waals surface area (Å²) in [6, 6.07) is 3.69. The van der Waals surface area contributed by atoms with E-state index >= 15 is 0 Å². The van der Waals surface area contributed by atoms with Gasteiger partial charge in [0.2, 0.25) is 15.9 Å². The number of benzene rings is 1. The first kappa shape index (κ1) is 16.4. The van der Waals surface area contributed by atoms with Crippen LogP contribution in [-0.4, -0.2) is 37.8 Å². The van der Waals surface area contributed by atoms with E-state index in [0.29, 0.717) is 25.1 Å². The molecular weight excluding hydrogens is 319 g/mol. The minimum atomic E-state index is -3.76. The Kier molecular flexibility index (Phi) is 4.42. The van der Waals surface area contributed by atoms with Gasteiger partial charge in [-0.3, -0.25) is 4.79 Å². The molecule has 0 aromatic heterocycles. The van der Waals surface area contributed by atoms with E-state index in [4.69, 9.17) is 0 Å². The summed E-state index contributed by atoms with van der Waals surface area (Å²) in [5, 5.41) is 2.78. The summed E-state index contributed by atoms with van der Waals surface area (Å²) in [7, 11) is -3.76. The molecule has 0 unspecified atom stereocenters. The highest BCUT2D eigenvalue weighted by Crippen LogP contribution is 2.32. The molecule has 3 rings (SSSR count). The van der Waals surface area contributed by atoms with Gasteiger partial charge in [0.05, 0.1) is 4.90 Å². The van der Waals surface area contributed by atoms with Crippen molar-refractivity contribution < 1.29 is 17.6 Å². The van der Waals surface area contributed by atoms with Crippen LogP contribution in [-0.2, 0) is 14.8 Å². The third-order valence-corrected chi connectivity index (χ3v) is 6.58. The first-order valence-corrected chi connectivity index (χ1v) is 9.37. The number of nitrogens with zero attached hydrogens (tertiary/aromatic N) is 1. The largest absolute Gasteiger partial charge is 0.356 e. The van der Waals surface area contributed by atoms with Gasteiger partial charge in [-0.05, 0) is 43.5 Å². The van der Waals surface area contributed by atoms with Gasteiger partial charge in [0.15, 0.2) is 0 Å². The zero-order valence-corrected chi connectivity index (χ0v) is 13.9. The van der Waals surface area contributed by atoms with Crippen LogP contribution in [0.25, 0.3) is 0 Å². The number of carbonyl (C=O) groups is 1. The maximum absolute atomic E-state index is 13.6. The molecule has 2 heterocycles. The molecule has 1 amide bonds. The van der Waals surface area contributed by atoms with E-state index in [1.165, 1.54) is 16.4 Å². The Morgan fingerprint density at radius 2 is 2.04 bits per heavy atom. The van der Waals surface area contributed by atoms with Crippen LogP contribution in [0.15, 0.2) is 23.1 Å². The van der Waals surface area contributed by atoms with E-state index in [-0.39, 0.29) is 22.8 Å². The molecule has 1 aromatic carbocycles. The van der Waals surface area contributed by atoms with Gasteiger partial charge >= 0.3 is 0 Å². The molecule has 0 bridgehead atoms. The SMILES string of the molecule is Cc1cc(F)cc(S(=O)(=O)N2CCCC[C@H]2[C@@H]2CNC(=O)C2)c1. The Hall–Kier alpha value is -1.47. The highest BCUT2D eigenvalue weighted by Gasteiger charge is 2.40. The van der Waals surface area contributed by atoms with Crippen molar-refractivity contribution in [3.63, 3.8) is 0 Å². The van der Waals surface area contributed by atoms with Gasteiger partial charge in [-0.1, -0.05) is 6.42 Å². The summed E-state index contributed by atoms with van der Waals surface area (Å²) in [5.41, 5.74) is 0.579. The minimum absolute atomic E-state index is 0.000757. The van der Waals surface area contributed by atoms with E-state index in [9.17, 15) is 17.6 Å². The Morgan fingerprint density at radius 3 is 2.70 bits per heavy atom. The van der Waals surface area contributed by atoms with Crippen LogP contribution in [0.1, 0.15) is 31.2 Å². The molecule has 0 aliphatic carbocycles. The number of aryl methyl sites for hydroxylation is 1. The molecule has 1 aromatic rings. The van der Waals surface area contributed by atoms with Crippen molar-refractivity contribution in [1.82, 2.24) is 9.62 Å². The summed E-state index contributed by atoms with van der Waals surface area (Å²) in [6.07, 6.45) is 2.84. The van der Waals surface area contributed by atoms with Crippen molar-refractivity contribution in [3.8, 4) is 0 Å². The van der Waals surface area contributed by atoms with Crippen LogP contribution in [0.5, 0.6) is 0 Å². The molecule has 23 heavy (non-hydrogen) atoms. The second-order valence-electron chi connectivity index (χ2n) is 6.41. The van der Waals surface area contributed by atoms with Crippen LogP contribution in [0.4, 0.5) is 4.39 Å². The monoisotopic (exact) mass is 340 g/mol. The molecule has 2 saturated heterocycles. The molecule has 2 aliphatic rings. The molecule has 5 nitrogen and oxygen atoms in total. The number of carbonyl (C=O) groups excluding carboxylic acids is 1. The van der Waals surface area contributed by atoms with Crippen LogP contribution in [0, 0.1) is 18.7 Å². The fourth-order valence-electron chi connectivity index (χ4n) is 3.59. The summed E-state index contributed by atoms with van der Waals surface area (Å²) in [6.45, 7) is 2.61. The number of hydrogen-bond donors (Lipinski definition) is 1. The maximum Gasteiger partial charge on any atom is 0.243 e. The van der Waals surface area contributed by atoms with E-state index in [1.807, 2.05) is 0 Å². The lowest BCUT2D eigenvalue weighted by Gasteiger charge is -2.37. The molecule has 2 fully saturated rings. The predicted molar refractivity (Wildman–Crippen MR) is 83.8 cm³/mol. The zero-order valence-electron chi connectivity index (χ0n) is 13.1. The average molecular weight is 340 g/mol. The lowest BCUT2D eigenvalue weighted by atomic mass is 9.91. The highest BCUT2D eigenvalue weighted by atomic mass is 32.2. The number of rotatable bonds is 3. The second-order valence-corrected chi connectivity index (χ2v) is 8.30. The molecule has 2 atom stereocenters. The molecule has 0 saturated carbocycles. The molecular formula is C16H21FN2O3S. The normalized spacial score (nSPS) is 26.3.